The Labute approximate surface area is 95.6 Å². The summed E-state index contributed by atoms with van der Waals surface area (Å²) in [6.45, 7) is 1.84. The van der Waals surface area contributed by atoms with E-state index in [1.807, 2.05) is 24.3 Å². The van der Waals surface area contributed by atoms with Crippen LogP contribution in [0.25, 0.3) is 0 Å². The first-order chi connectivity index (χ1) is 7.83. The minimum Gasteiger partial charge on any atom is -0.381 e. The average Bonchev–Trinajstić information content (AvgIpc) is 2.83. The molecule has 0 aliphatic carbocycles. The molecule has 0 aromatic heterocycles. The van der Waals surface area contributed by atoms with Gasteiger partial charge in [-0.1, -0.05) is 24.3 Å². The van der Waals surface area contributed by atoms with Gasteiger partial charge in [0.15, 0.2) is 5.78 Å². The van der Waals surface area contributed by atoms with Gasteiger partial charge >= 0.3 is 0 Å². The second kappa shape index (κ2) is 5.23. The molecule has 1 fully saturated rings. The third kappa shape index (κ3) is 2.31. The summed E-state index contributed by atoms with van der Waals surface area (Å²) in [4.78, 5) is 12.2. The van der Waals surface area contributed by atoms with E-state index >= 15 is 0 Å². The molecule has 1 aromatic carbocycles. The molecule has 1 aromatic rings. The quantitative estimate of drug-likeness (QED) is 0.779. The lowest BCUT2D eigenvalue weighted by atomic mass is 9.92. The van der Waals surface area contributed by atoms with Crippen LogP contribution in [-0.4, -0.2) is 25.5 Å². The van der Waals surface area contributed by atoms with Crippen molar-refractivity contribution in [2.45, 2.75) is 12.8 Å². The Morgan fingerprint density at radius 1 is 1.44 bits per heavy atom. The fourth-order valence-electron chi connectivity index (χ4n) is 2.10. The number of carbonyl (C=O) groups excluding carboxylic acids is 1. The molecular weight excluding hydrogens is 202 g/mol. The topological polar surface area (TPSA) is 52.3 Å². The molecule has 1 aliphatic heterocycles. The van der Waals surface area contributed by atoms with Crippen molar-refractivity contribution in [2.75, 3.05) is 19.8 Å². The van der Waals surface area contributed by atoms with E-state index in [1.165, 1.54) is 0 Å². The highest BCUT2D eigenvalue weighted by atomic mass is 16.5. The van der Waals surface area contributed by atoms with E-state index in [2.05, 4.69) is 0 Å². The van der Waals surface area contributed by atoms with Crippen molar-refractivity contribution >= 4 is 5.78 Å². The van der Waals surface area contributed by atoms with Crippen LogP contribution in [0.5, 0.6) is 0 Å². The summed E-state index contributed by atoms with van der Waals surface area (Å²) in [6.07, 6.45) is 1.60. The Hall–Kier alpha value is -1.19. The van der Waals surface area contributed by atoms with Gasteiger partial charge in [-0.2, -0.15) is 0 Å². The zero-order chi connectivity index (χ0) is 11.4. The average molecular weight is 219 g/mol. The van der Waals surface area contributed by atoms with Crippen LogP contribution in [0.4, 0.5) is 0 Å². The second-order valence-electron chi connectivity index (χ2n) is 4.12. The molecule has 0 amide bonds. The fraction of sp³-hybridized carbons (Fsp3) is 0.462. The molecule has 1 aliphatic rings. The largest absolute Gasteiger partial charge is 0.381 e. The lowest BCUT2D eigenvalue weighted by Gasteiger charge is -2.10. The first kappa shape index (κ1) is 11.3. The predicted octanol–water partition coefficient (Wildman–Crippen LogP) is 1.41. The highest BCUT2D eigenvalue weighted by Gasteiger charge is 2.25. The molecule has 16 heavy (non-hydrogen) atoms. The van der Waals surface area contributed by atoms with E-state index in [0.717, 1.165) is 24.0 Å². The number of benzene rings is 1. The van der Waals surface area contributed by atoms with Crippen molar-refractivity contribution in [2.24, 2.45) is 11.7 Å². The van der Waals surface area contributed by atoms with Crippen LogP contribution in [-0.2, 0) is 11.2 Å². The normalized spacial score (nSPS) is 19.9. The van der Waals surface area contributed by atoms with Crippen molar-refractivity contribution in [1.82, 2.24) is 0 Å². The standard InChI is InChI=1S/C13H17NO2/c14-7-5-10-3-1-2-4-12(10)13(15)11-6-8-16-9-11/h1-4,11H,5-9,14H2. The number of rotatable bonds is 4. The van der Waals surface area contributed by atoms with Crippen LogP contribution >= 0.6 is 0 Å². The van der Waals surface area contributed by atoms with Gasteiger partial charge in [0, 0.05) is 18.1 Å². The number of Topliss-reactive ketones (excluding diaryl/α,β-unsaturated/α-hetero) is 1. The summed E-state index contributed by atoms with van der Waals surface area (Å²) in [5.41, 5.74) is 7.43. The number of nitrogens with two attached hydrogens (primary N) is 1. The zero-order valence-electron chi connectivity index (χ0n) is 9.32. The summed E-state index contributed by atoms with van der Waals surface area (Å²) in [6, 6.07) is 7.73. The zero-order valence-corrected chi connectivity index (χ0v) is 9.32. The summed E-state index contributed by atoms with van der Waals surface area (Å²) in [5, 5.41) is 0. The van der Waals surface area contributed by atoms with Crippen LogP contribution in [0, 0.1) is 5.92 Å². The van der Waals surface area contributed by atoms with Gasteiger partial charge in [0.25, 0.3) is 0 Å². The molecule has 3 heteroatoms. The summed E-state index contributed by atoms with van der Waals surface area (Å²) in [5.74, 6) is 0.250. The Kier molecular flexibility index (Phi) is 3.70. The van der Waals surface area contributed by atoms with E-state index in [9.17, 15) is 4.79 Å². The third-order valence-corrected chi connectivity index (χ3v) is 3.00. The Bertz CT molecular complexity index is 370. The van der Waals surface area contributed by atoms with Crippen molar-refractivity contribution in [3.05, 3.63) is 35.4 Å². The first-order valence-corrected chi connectivity index (χ1v) is 5.73. The number of ketones is 1. The number of carbonyl (C=O) groups is 1. The van der Waals surface area contributed by atoms with Crippen molar-refractivity contribution in [3.63, 3.8) is 0 Å². The Morgan fingerprint density at radius 3 is 2.94 bits per heavy atom. The fourth-order valence-corrected chi connectivity index (χ4v) is 2.10. The predicted molar refractivity (Wildman–Crippen MR) is 62.5 cm³/mol. The molecule has 0 radical (unpaired) electrons. The molecule has 3 nitrogen and oxygen atoms in total. The molecule has 0 spiro atoms. The van der Waals surface area contributed by atoms with Gasteiger partial charge < -0.3 is 10.5 Å². The first-order valence-electron chi connectivity index (χ1n) is 5.73. The van der Waals surface area contributed by atoms with E-state index in [1.54, 1.807) is 0 Å². The number of hydrogen-bond acceptors (Lipinski definition) is 3. The highest BCUT2D eigenvalue weighted by molar-refractivity contribution is 5.99. The van der Waals surface area contributed by atoms with Crippen molar-refractivity contribution in [3.8, 4) is 0 Å². The van der Waals surface area contributed by atoms with Crippen LogP contribution in [0.15, 0.2) is 24.3 Å². The molecule has 1 unspecified atom stereocenters. The van der Waals surface area contributed by atoms with Gasteiger partial charge in [-0.3, -0.25) is 4.79 Å². The van der Waals surface area contributed by atoms with Gasteiger partial charge in [-0.05, 0) is 24.9 Å². The van der Waals surface area contributed by atoms with Crippen molar-refractivity contribution in [1.29, 1.82) is 0 Å². The van der Waals surface area contributed by atoms with Crippen LogP contribution in [0.2, 0.25) is 0 Å². The number of hydrogen-bond donors (Lipinski definition) is 1. The molecule has 1 atom stereocenters. The van der Waals surface area contributed by atoms with Crippen LogP contribution in [0.1, 0.15) is 22.3 Å². The maximum atomic E-state index is 12.2. The van der Waals surface area contributed by atoms with Gasteiger partial charge in [0.1, 0.15) is 0 Å². The SMILES string of the molecule is NCCc1ccccc1C(=O)C1CCOC1. The van der Waals surface area contributed by atoms with Crippen molar-refractivity contribution < 1.29 is 9.53 Å². The van der Waals surface area contributed by atoms with E-state index in [4.69, 9.17) is 10.5 Å². The molecule has 86 valence electrons. The van der Waals surface area contributed by atoms with E-state index in [-0.39, 0.29) is 11.7 Å². The highest BCUT2D eigenvalue weighted by Crippen LogP contribution is 2.20. The molecule has 2 N–H and O–H groups in total. The minimum atomic E-state index is 0.0407. The summed E-state index contributed by atoms with van der Waals surface area (Å²) < 4.78 is 5.25. The van der Waals surface area contributed by atoms with Gasteiger partial charge in [-0.15, -0.1) is 0 Å². The monoisotopic (exact) mass is 219 g/mol. The second-order valence-corrected chi connectivity index (χ2v) is 4.12. The molecular formula is C13H17NO2. The minimum absolute atomic E-state index is 0.0407. The van der Waals surface area contributed by atoms with E-state index < -0.39 is 0 Å². The van der Waals surface area contributed by atoms with Crippen LogP contribution in [0.3, 0.4) is 0 Å². The maximum absolute atomic E-state index is 12.2. The lowest BCUT2D eigenvalue weighted by Crippen LogP contribution is -2.17. The maximum Gasteiger partial charge on any atom is 0.168 e. The summed E-state index contributed by atoms with van der Waals surface area (Å²) >= 11 is 0. The summed E-state index contributed by atoms with van der Waals surface area (Å²) in [7, 11) is 0. The van der Waals surface area contributed by atoms with Gasteiger partial charge in [0.05, 0.1) is 6.61 Å². The van der Waals surface area contributed by atoms with Gasteiger partial charge in [0.2, 0.25) is 0 Å². The third-order valence-electron chi connectivity index (χ3n) is 3.00. The molecule has 1 heterocycles. The van der Waals surface area contributed by atoms with E-state index in [0.29, 0.717) is 19.8 Å². The smallest absolute Gasteiger partial charge is 0.168 e. The number of ether oxygens (including phenoxy) is 1. The Balaban J connectivity index is 2.21. The molecule has 0 saturated carbocycles. The molecule has 0 bridgehead atoms. The van der Waals surface area contributed by atoms with Crippen LogP contribution < -0.4 is 5.73 Å². The lowest BCUT2D eigenvalue weighted by molar-refractivity contribution is 0.0899. The van der Waals surface area contributed by atoms with Gasteiger partial charge in [-0.25, -0.2) is 0 Å². The Morgan fingerprint density at radius 2 is 2.25 bits per heavy atom. The molecule has 1 saturated heterocycles. The molecule has 2 rings (SSSR count).